The van der Waals surface area contributed by atoms with Gasteiger partial charge in [-0.2, -0.15) is 11.8 Å². The number of rotatable bonds is 9. The molecule has 1 aromatic carbocycles. The number of carbonyl (C=O) groups excluding carboxylic acids is 1. The summed E-state index contributed by atoms with van der Waals surface area (Å²) < 4.78 is 5.39. The van der Waals surface area contributed by atoms with E-state index >= 15 is 0 Å². The number of aryl methyl sites for hydroxylation is 1. The summed E-state index contributed by atoms with van der Waals surface area (Å²) >= 11 is 7.68. The maximum atomic E-state index is 11.6. The van der Waals surface area contributed by atoms with Gasteiger partial charge in [0, 0.05) is 18.9 Å². The van der Waals surface area contributed by atoms with Crippen molar-refractivity contribution in [2.45, 2.75) is 13.3 Å². The van der Waals surface area contributed by atoms with Crippen molar-refractivity contribution in [2.75, 3.05) is 31.3 Å². The molecule has 0 aliphatic heterocycles. The molecular formula is C14H20ClNO3S. The Morgan fingerprint density at radius 3 is 3.00 bits per heavy atom. The molecular weight excluding hydrogens is 298 g/mol. The topological polar surface area (TPSA) is 58.6 Å². The summed E-state index contributed by atoms with van der Waals surface area (Å²) in [4.78, 5) is 11.6. The number of hydrogen-bond donors (Lipinski definition) is 2. The first-order chi connectivity index (χ1) is 9.63. The van der Waals surface area contributed by atoms with Gasteiger partial charge in [0.2, 0.25) is 0 Å². The number of thioether (sulfide) groups is 1. The number of carbonyl (C=O) groups is 1. The number of hydrogen-bond acceptors (Lipinski definition) is 4. The normalized spacial score (nSPS) is 10.3. The summed E-state index contributed by atoms with van der Waals surface area (Å²) in [7, 11) is 0. The molecule has 0 bridgehead atoms. The Bertz CT molecular complexity index is 429. The summed E-state index contributed by atoms with van der Waals surface area (Å²) in [5, 5.41) is 11.9. The Kier molecular flexibility index (Phi) is 8.49. The quantitative estimate of drug-likeness (QED) is 0.686. The standard InChI is InChI=1S/C14H20ClNO3S/c1-11-3-4-12(15)13(9-11)19-10-14(18)16-5-8-20-7-2-6-17/h3-4,9,17H,2,5-8,10H2,1H3,(H,16,18). The molecule has 1 amide bonds. The summed E-state index contributed by atoms with van der Waals surface area (Å²) in [5.74, 6) is 2.10. The predicted molar refractivity (Wildman–Crippen MR) is 83.7 cm³/mol. The van der Waals surface area contributed by atoms with Crippen LogP contribution in [-0.4, -0.2) is 42.3 Å². The molecule has 6 heteroatoms. The Morgan fingerprint density at radius 1 is 1.45 bits per heavy atom. The van der Waals surface area contributed by atoms with Crippen LogP contribution in [0, 0.1) is 6.92 Å². The number of ether oxygens (including phenoxy) is 1. The van der Waals surface area contributed by atoms with Crippen LogP contribution >= 0.6 is 23.4 Å². The monoisotopic (exact) mass is 317 g/mol. The van der Waals surface area contributed by atoms with Crippen molar-refractivity contribution in [1.82, 2.24) is 5.32 Å². The van der Waals surface area contributed by atoms with Crippen molar-refractivity contribution < 1.29 is 14.6 Å². The van der Waals surface area contributed by atoms with Gasteiger partial charge >= 0.3 is 0 Å². The number of aliphatic hydroxyl groups excluding tert-OH is 1. The fourth-order valence-electron chi connectivity index (χ4n) is 1.45. The second kappa shape index (κ2) is 9.91. The number of nitrogens with one attached hydrogen (secondary N) is 1. The lowest BCUT2D eigenvalue weighted by Gasteiger charge is -2.09. The van der Waals surface area contributed by atoms with Crippen molar-refractivity contribution in [3.8, 4) is 5.75 Å². The zero-order chi connectivity index (χ0) is 14.8. The van der Waals surface area contributed by atoms with Crippen LogP contribution in [0.5, 0.6) is 5.75 Å². The third-order valence-electron chi connectivity index (χ3n) is 2.46. The van der Waals surface area contributed by atoms with Crippen LogP contribution in [-0.2, 0) is 4.79 Å². The molecule has 0 unspecified atom stereocenters. The van der Waals surface area contributed by atoms with Crippen molar-refractivity contribution in [3.05, 3.63) is 28.8 Å². The van der Waals surface area contributed by atoms with E-state index in [1.165, 1.54) is 0 Å². The molecule has 0 atom stereocenters. The highest BCUT2D eigenvalue weighted by Crippen LogP contribution is 2.24. The zero-order valence-corrected chi connectivity index (χ0v) is 13.1. The van der Waals surface area contributed by atoms with Crippen LogP contribution in [0.2, 0.25) is 5.02 Å². The summed E-state index contributed by atoms with van der Waals surface area (Å²) in [6.45, 7) is 2.71. The van der Waals surface area contributed by atoms with Crippen molar-refractivity contribution in [2.24, 2.45) is 0 Å². The predicted octanol–water partition coefficient (Wildman–Crippen LogP) is 2.26. The fraction of sp³-hybridized carbons (Fsp3) is 0.500. The number of amides is 1. The lowest BCUT2D eigenvalue weighted by atomic mass is 10.2. The minimum absolute atomic E-state index is 0.0372. The second-order valence-electron chi connectivity index (χ2n) is 4.26. The van der Waals surface area contributed by atoms with E-state index in [0.29, 0.717) is 17.3 Å². The van der Waals surface area contributed by atoms with Gasteiger partial charge < -0.3 is 15.2 Å². The van der Waals surface area contributed by atoms with Crippen molar-refractivity contribution >= 4 is 29.3 Å². The lowest BCUT2D eigenvalue weighted by Crippen LogP contribution is -2.30. The number of halogens is 1. The fourth-order valence-corrected chi connectivity index (χ4v) is 2.40. The molecule has 0 aliphatic rings. The minimum Gasteiger partial charge on any atom is -0.482 e. The summed E-state index contributed by atoms with van der Waals surface area (Å²) in [5.41, 5.74) is 1.03. The highest BCUT2D eigenvalue weighted by atomic mass is 35.5. The Morgan fingerprint density at radius 2 is 2.25 bits per heavy atom. The molecule has 2 N–H and O–H groups in total. The van der Waals surface area contributed by atoms with Crippen LogP contribution in [0.3, 0.4) is 0 Å². The van der Waals surface area contributed by atoms with Gasteiger partial charge in [0.1, 0.15) is 5.75 Å². The van der Waals surface area contributed by atoms with E-state index in [9.17, 15) is 4.79 Å². The molecule has 1 rings (SSSR count). The second-order valence-corrected chi connectivity index (χ2v) is 5.89. The molecule has 0 aromatic heterocycles. The molecule has 0 saturated carbocycles. The van der Waals surface area contributed by atoms with Crippen LogP contribution in [0.4, 0.5) is 0 Å². The largest absolute Gasteiger partial charge is 0.482 e. The Balaban J connectivity index is 2.18. The molecule has 112 valence electrons. The first kappa shape index (κ1) is 17.1. The van der Waals surface area contributed by atoms with E-state index < -0.39 is 0 Å². The van der Waals surface area contributed by atoms with E-state index in [4.69, 9.17) is 21.4 Å². The maximum Gasteiger partial charge on any atom is 0.257 e. The summed E-state index contributed by atoms with van der Waals surface area (Å²) in [6, 6.07) is 5.45. The van der Waals surface area contributed by atoms with Gasteiger partial charge in [0.15, 0.2) is 6.61 Å². The highest BCUT2D eigenvalue weighted by Gasteiger charge is 2.05. The van der Waals surface area contributed by atoms with E-state index in [2.05, 4.69) is 5.32 Å². The van der Waals surface area contributed by atoms with Crippen LogP contribution in [0.1, 0.15) is 12.0 Å². The van der Waals surface area contributed by atoms with Crippen LogP contribution < -0.4 is 10.1 Å². The zero-order valence-electron chi connectivity index (χ0n) is 11.5. The van der Waals surface area contributed by atoms with Crippen LogP contribution in [0.25, 0.3) is 0 Å². The van der Waals surface area contributed by atoms with Crippen LogP contribution in [0.15, 0.2) is 18.2 Å². The van der Waals surface area contributed by atoms with Crippen molar-refractivity contribution in [1.29, 1.82) is 0 Å². The molecule has 1 aromatic rings. The smallest absolute Gasteiger partial charge is 0.257 e. The molecule has 0 saturated heterocycles. The average molecular weight is 318 g/mol. The summed E-state index contributed by atoms with van der Waals surface area (Å²) in [6.07, 6.45) is 0.785. The number of aliphatic hydroxyl groups is 1. The SMILES string of the molecule is Cc1ccc(Cl)c(OCC(=O)NCCSCCCO)c1. The average Bonchev–Trinajstić information content (AvgIpc) is 2.43. The molecule has 0 spiro atoms. The molecule has 0 heterocycles. The first-order valence-electron chi connectivity index (χ1n) is 6.47. The third kappa shape index (κ3) is 7.03. The highest BCUT2D eigenvalue weighted by molar-refractivity contribution is 7.99. The molecule has 4 nitrogen and oxygen atoms in total. The molecule has 0 aliphatic carbocycles. The third-order valence-corrected chi connectivity index (χ3v) is 3.84. The van der Waals surface area contributed by atoms with Gasteiger partial charge in [-0.15, -0.1) is 0 Å². The van der Waals surface area contributed by atoms with Gasteiger partial charge in [-0.1, -0.05) is 17.7 Å². The van der Waals surface area contributed by atoms with Gasteiger partial charge in [-0.25, -0.2) is 0 Å². The van der Waals surface area contributed by atoms with Gasteiger partial charge in [0.25, 0.3) is 5.91 Å². The van der Waals surface area contributed by atoms with Crippen molar-refractivity contribution in [3.63, 3.8) is 0 Å². The van der Waals surface area contributed by atoms with E-state index in [-0.39, 0.29) is 19.1 Å². The molecule has 0 radical (unpaired) electrons. The van der Waals surface area contributed by atoms with Gasteiger partial charge in [-0.05, 0) is 36.8 Å². The maximum absolute atomic E-state index is 11.6. The van der Waals surface area contributed by atoms with E-state index in [0.717, 1.165) is 23.5 Å². The Hall–Kier alpha value is -0.910. The minimum atomic E-state index is -0.162. The Labute approximate surface area is 128 Å². The van der Waals surface area contributed by atoms with Gasteiger partial charge in [0.05, 0.1) is 5.02 Å². The molecule has 20 heavy (non-hydrogen) atoms. The van der Waals surface area contributed by atoms with E-state index in [1.54, 1.807) is 23.9 Å². The van der Waals surface area contributed by atoms with E-state index in [1.807, 2.05) is 13.0 Å². The number of benzene rings is 1. The first-order valence-corrected chi connectivity index (χ1v) is 8.01. The lowest BCUT2D eigenvalue weighted by molar-refractivity contribution is -0.122. The molecule has 0 fully saturated rings. The van der Waals surface area contributed by atoms with Gasteiger partial charge in [-0.3, -0.25) is 4.79 Å².